The molecule has 16 heavy (non-hydrogen) atoms. The second-order valence-electron chi connectivity index (χ2n) is 4.59. The summed E-state index contributed by atoms with van der Waals surface area (Å²) in [6, 6.07) is 8.37. The first-order valence-corrected chi connectivity index (χ1v) is 6.93. The van der Waals surface area contributed by atoms with Gasteiger partial charge in [-0.2, -0.15) is 0 Å². The summed E-state index contributed by atoms with van der Waals surface area (Å²) in [7, 11) is 0. The number of hydrogen-bond acceptors (Lipinski definition) is 1. The van der Waals surface area contributed by atoms with Crippen LogP contribution in [0, 0.1) is 0 Å². The molecule has 2 N–H and O–H groups in total. The van der Waals surface area contributed by atoms with Crippen LogP contribution in [0.15, 0.2) is 28.7 Å². The van der Waals surface area contributed by atoms with Crippen molar-refractivity contribution in [3.05, 3.63) is 34.3 Å². The third kappa shape index (κ3) is 3.91. The lowest BCUT2D eigenvalue weighted by Gasteiger charge is -2.28. The van der Waals surface area contributed by atoms with Crippen molar-refractivity contribution >= 4 is 15.9 Å². The van der Waals surface area contributed by atoms with Crippen LogP contribution in [0.5, 0.6) is 0 Å². The lowest BCUT2D eigenvalue weighted by molar-refractivity contribution is 0.364. The van der Waals surface area contributed by atoms with Gasteiger partial charge < -0.3 is 5.73 Å². The summed E-state index contributed by atoms with van der Waals surface area (Å²) in [6.07, 6.45) is 5.55. The van der Waals surface area contributed by atoms with E-state index < -0.39 is 0 Å². The molecule has 0 radical (unpaired) electrons. The average Bonchev–Trinajstić information content (AvgIpc) is 2.30. The Balaban J connectivity index is 2.72. The first-order valence-electron chi connectivity index (χ1n) is 6.13. The van der Waals surface area contributed by atoms with Crippen molar-refractivity contribution in [3.8, 4) is 0 Å². The predicted octanol–water partition coefficient (Wildman–Crippen LogP) is 4.29. The fraction of sp³-hybridized carbons (Fsp3) is 0.571. The molecule has 0 fully saturated rings. The van der Waals surface area contributed by atoms with Crippen LogP contribution < -0.4 is 5.73 Å². The number of unbranched alkanes of at least 4 members (excludes halogenated alkanes) is 1. The molecule has 1 aromatic rings. The summed E-state index contributed by atoms with van der Waals surface area (Å²) in [5.41, 5.74) is 7.74. The molecule has 0 aromatic heterocycles. The van der Waals surface area contributed by atoms with Gasteiger partial charge in [0.2, 0.25) is 0 Å². The zero-order valence-corrected chi connectivity index (χ0v) is 11.9. The molecule has 1 aromatic carbocycles. The Morgan fingerprint density at radius 3 is 2.50 bits per heavy atom. The lowest BCUT2D eigenvalue weighted by Crippen LogP contribution is -2.41. The third-order valence-corrected chi connectivity index (χ3v) is 4.01. The maximum absolute atomic E-state index is 6.46. The van der Waals surface area contributed by atoms with Crippen LogP contribution in [0.4, 0.5) is 0 Å². The molecule has 2 heteroatoms. The Bertz CT molecular complexity index is 324. The van der Waals surface area contributed by atoms with Crippen LogP contribution in [0.1, 0.15) is 45.1 Å². The van der Waals surface area contributed by atoms with Crippen molar-refractivity contribution in [2.24, 2.45) is 5.73 Å². The number of halogens is 1. The first-order chi connectivity index (χ1) is 7.61. The van der Waals surface area contributed by atoms with Gasteiger partial charge in [0.15, 0.2) is 0 Å². The van der Waals surface area contributed by atoms with Gasteiger partial charge in [-0.1, -0.05) is 60.8 Å². The fourth-order valence-electron chi connectivity index (χ4n) is 1.94. The summed E-state index contributed by atoms with van der Waals surface area (Å²) in [5, 5.41) is 0. The van der Waals surface area contributed by atoms with E-state index in [-0.39, 0.29) is 5.54 Å². The Labute approximate surface area is 108 Å². The van der Waals surface area contributed by atoms with Crippen LogP contribution in [0.2, 0.25) is 0 Å². The number of nitrogens with two attached hydrogens (primary N) is 1. The van der Waals surface area contributed by atoms with Crippen molar-refractivity contribution < 1.29 is 0 Å². The molecular weight excluding hydrogens is 262 g/mol. The Kier molecular flexibility index (Phi) is 5.50. The van der Waals surface area contributed by atoms with Crippen molar-refractivity contribution in [2.45, 2.75) is 51.5 Å². The quantitative estimate of drug-likeness (QED) is 0.828. The molecule has 0 aliphatic carbocycles. The summed E-state index contributed by atoms with van der Waals surface area (Å²) in [5.74, 6) is 0. The standard InChI is InChI=1S/C14H22BrN/c1-3-5-10-14(16,4-2)11-12-8-6-7-9-13(12)15/h6-9H,3-5,10-11,16H2,1-2H3. The van der Waals surface area contributed by atoms with Gasteiger partial charge >= 0.3 is 0 Å². The largest absolute Gasteiger partial charge is 0.325 e. The van der Waals surface area contributed by atoms with Gasteiger partial charge in [-0.3, -0.25) is 0 Å². The van der Waals surface area contributed by atoms with Gasteiger partial charge in [0, 0.05) is 10.0 Å². The normalized spacial score (nSPS) is 14.8. The summed E-state index contributed by atoms with van der Waals surface area (Å²) >= 11 is 3.59. The van der Waals surface area contributed by atoms with Gasteiger partial charge in [-0.15, -0.1) is 0 Å². The minimum Gasteiger partial charge on any atom is -0.325 e. The molecule has 0 bridgehead atoms. The van der Waals surface area contributed by atoms with E-state index in [1.54, 1.807) is 0 Å². The molecule has 0 aliphatic rings. The van der Waals surface area contributed by atoms with Crippen molar-refractivity contribution in [2.75, 3.05) is 0 Å². The highest BCUT2D eigenvalue weighted by Crippen LogP contribution is 2.25. The van der Waals surface area contributed by atoms with Gasteiger partial charge in [0.25, 0.3) is 0 Å². The molecule has 0 saturated heterocycles. The van der Waals surface area contributed by atoms with Crippen LogP contribution in [-0.2, 0) is 6.42 Å². The maximum Gasteiger partial charge on any atom is 0.0207 e. The molecule has 1 unspecified atom stereocenters. The van der Waals surface area contributed by atoms with Crippen molar-refractivity contribution in [1.29, 1.82) is 0 Å². The Morgan fingerprint density at radius 1 is 1.25 bits per heavy atom. The van der Waals surface area contributed by atoms with Gasteiger partial charge in [0.05, 0.1) is 0 Å². The van der Waals surface area contributed by atoms with E-state index in [9.17, 15) is 0 Å². The predicted molar refractivity (Wildman–Crippen MR) is 74.6 cm³/mol. The highest BCUT2D eigenvalue weighted by molar-refractivity contribution is 9.10. The second kappa shape index (κ2) is 6.41. The number of rotatable bonds is 6. The van der Waals surface area contributed by atoms with E-state index in [0.29, 0.717) is 0 Å². The molecule has 0 saturated carbocycles. The first kappa shape index (κ1) is 13.7. The van der Waals surface area contributed by atoms with Crippen LogP contribution >= 0.6 is 15.9 Å². The Morgan fingerprint density at radius 2 is 1.94 bits per heavy atom. The Hall–Kier alpha value is -0.340. The van der Waals surface area contributed by atoms with Gasteiger partial charge in [0.1, 0.15) is 0 Å². The fourth-order valence-corrected chi connectivity index (χ4v) is 2.37. The SMILES string of the molecule is CCCCC(N)(CC)Cc1ccccc1Br. The number of benzene rings is 1. The van der Waals surface area contributed by atoms with E-state index in [0.717, 1.165) is 19.3 Å². The molecule has 1 nitrogen and oxygen atoms in total. The molecule has 0 aliphatic heterocycles. The monoisotopic (exact) mass is 283 g/mol. The van der Waals surface area contributed by atoms with Crippen LogP contribution in [-0.4, -0.2) is 5.54 Å². The number of hydrogen-bond donors (Lipinski definition) is 1. The summed E-state index contributed by atoms with van der Waals surface area (Å²) in [4.78, 5) is 0. The molecule has 1 atom stereocenters. The molecular formula is C14H22BrN. The summed E-state index contributed by atoms with van der Waals surface area (Å²) < 4.78 is 1.18. The molecule has 0 heterocycles. The third-order valence-electron chi connectivity index (χ3n) is 3.23. The van der Waals surface area contributed by atoms with Crippen LogP contribution in [0.25, 0.3) is 0 Å². The van der Waals surface area contributed by atoms with E-state index in [1.807, 2.05) is 6.07 Å². The zero-order valence-electron chi connectivity index (χ0n) is 10.3. The van der Waals surface area contributed by atoms with E-state index in [2.05, 4.69) is 48.0 Å². The summed E-state index contributed by atoms with van der Waals surface area (Å²) in [6.45, 7) is 4.40. The van der Waals surface area contributed by atoms with Crippen molar-refractivity contribution in [3.63, 3.8) is 0 Å². The average molecular weight is 284 g/mol. The van der Waals surface area contributed by atoms with Crippen LogP contribution in [0.3, 0.4) is 0 Å². The highest BCUT2D eigenvalue weighted by Gasteiger charge is 2.23. The lowest BCUT2D eigenvalue weighted by atomic mass is 9.85. The van der Waals surface area contributed by atoms with Gasteiger partial charge in [-0.05, 0) is 30.9 Å². The minimum atomic E-state index is -0.0418. The highest BCUT2D eigenvalue weighted by atomic mass is 79.9. The second-order valence-corrected chi connectivity index (χ2v) is 5.44. The smallest absolute Gasteiger partial charge is 0.0207 e. The van der Waals surface area contributed by atoms with E-state index in [1.165, 1.54) is 22.9 Å². The topological polar surface area (TPSA) is 26.0 Å². The molecule has 0 spiro atoms. The van der Waals surface area contributed by atoms with E-state index in [4.69, 9.17) is 5.73 Å². The van der Waals surface area contributed by atoms with Crippen molar-refractivity contribution in [1.82, 2.24) is 0 Å². The molecule has 90 valence electrons. The van der Waals surface area contributed by atoms with Gasteiger partial charge in [-0.25, -0.2) is 0 Å². The zero-order chi connectivity index (χ0) is 12.0. The molecule has 1 rings (SSSR count). The van der Waals surface area contributed by atoms with E-state index >= 15 is 0 Å². The maximum atomic E-state index is 6.46. The molecule has 0 amide bonds. The minimum absolute atomic E-state index is 0.0418.